The van der Waals surface area contributed by atoms with Crippen molar-refractivity contribution in [1.82, 2.24) is 9.97 Å². The molecule has 2 aliphatic heterocycles. The number of hydrogen-bond acceptors (Lipinski definition) is 5. The Morgan fingerprint density at radius 3 is 2.83 bits per heavy atom. The van der Waals surface area contributed by atoms with Crippen LogP contribution in [-0.2, 0) is 4.74 Å². The average molecular weight is 248 g/mol. The molecule has 2 aliphatic rings. The molecule has 2 fully saturated rings. The molecule has 5 nitrogen and oxygen atoms in total. The fourth-order valence-corrected chi connectivity index (χ4v) is 2.80. The quantitative estimate of drug-likeness (QED) is 0.855. The maximum absolute atomic E-state index is 5.83. The summed E-state index contributed by atoms with van der Waals surface area (Å²) < 4.78 is 5.83. The highest BCUT2D eigenvalue weighted by Crippen LogP contribution is 2.35. The van der Waals surface area contributed by atoms with Crippen molar-refractivity contribution in [2.45, 2.75) is 57.3 Å². The zero-order chi connectivity index (χ0) is 12.7. The number of rotatable bonds is 3. The highest BCUT2D eigenvalue weighted by Gasteiger charge is 2.40. The number of nitrogens with two attached hydrogens (primary N) is 1. The van der Waals surface area contributed by atoms with E-state index in [2.05, 4.69) is 29.1 Å². The average Bonchev–Trinajstić information content (AvgIpc) is 2.90. The van der Waals surface area contributed by atoms with Crippen molar-refractivity contribution in [1.29, 1.82) is 0 Å². The van der Waals surface area contributed by atoms with Crippen LogP contribution >= 0.6 is 0 Å². The molecule has 2 bridgehead atoms. The minimum Gasteiger partial charge on any atom is -0.384 e. The first-order chi connectivity index (χ1) is 8.61. The van der Waals surface area contributed by atoms with Crippen molar-refractivity contribution in [3.05, 3.63) is 11.9 Å². The third-order valence-corrected chi connectivity index (χ3v) is 3.72. The molecular weight excluding hydrogens is 228 g/mol. The Morgan fingerprint density at radius 2 is 2.22 bits per heavy atom. The van der Waals surface area contributed by atoms with Crippen LogP contribution in [0.15, 0.2) is 6.07 Å². The molecule has 3 atom stereocenters. The van der Waals surface area contributed by atoms with E-state index in [0.717, 1.165) is 24.5 Å². The van der Waals surface area contributed by atoms with E-state index in [1.807, 2.05) is 0 Å². The van der Waals surface area contributed by atoms with E-state index in [4.69, 9.17) is 10.5 Å². The second-order valence-electron chi connectivity index (χ2n) is 5.55. The Hall–Kier alpha value is -1.36. The SMILES string of the molecule is CC(C)c1nc(N)cc(NC2CC3CCC2O3)n1. The van der Waals surface area contributed by atoms with Gasteiger partial charge in [-0.3, -0.25) is 0 Å². The summed E-state index contributed by atoms with van der Waals surface area (Å²) in [5, 5.41) is 3.45. The predicted molar refractivity (Wildman–Crippen MR) is 70.5 cm³/mol. The first kappa shape index (κ1) is 11.7. The molecular formula is C13H20N4O. The van der Waals surface area contributed by atoms with Crippen molar-refractivity contribution in [2.24, 2.45) is 0 Å². The third kappa shape index (κ3) is 2.14. The lowest BCUT2D eigenvalue weighted by Crippen LogP contribution is -2.31. The van der Waals surface area contributed by atoms with Crippen LogP contribution in [0.2, 0.25) is 0 Å². The summed E-state index contributed by atoms with van der Waals surface area (Å²) in [7, 11) is 0. The van der Waals surface area contributed by atoms with Crippen LogP contribution in [0.5, 0.6) is 0 Å². The molecule has 1 aromatic heterocycles. The van der Waals surface area contributed by atoms with Crippen molar-refractivity contribution in [2.75, 3.05) is 11.1 Å². The van der Waals surface area contributed by atoms with Gasteiger partial charge in [-0.05, 0) is 19.3 Å². The number of fused-ring (bicyclic) bond motifs is 2. The van der Waals surface area contributed by atoms with Crippen LogP contribution in [0, 0.1) is 0 Å². The summed E-state index contributed by atoms with van der Waals surface area (Å²) in [5.74, 6) is 2.43. The van der Waals surface area contributed by atoms with Crippen LogP contribution in [0.3, 0.4) is 0 Å². The molecule has 2 saturated heterocycles. The number of nitrogen functional groups attached to an aromatic ring is 1. The molecule has 3 N–H and O–H groups in total. The minimum absolute atomic E-state index is 0.283. The van der Waals surface area contributed by atoms with Gasteiger partial charge >= 0.3 is 0 Å². The van der Waals surface area contributed by atoms with Gasteiger partial charge in [0.2, 0.25) is 0 Å². The van der Waals surface area contributed by atoms with Gasteiger partial charge < -0.3 is 15.8 Å². The van der Waals surface area contributed by atoms with E-state index in [0.29, 0.717) is 24.1 Å². The van der Waals surface area contributed by atoms with Crippen LogP contribution < -0.4 is 11.1 Å². The normalized spacial score (nSPS) is 30.1. The zero-order valence-electron chi connectivity index (χ0n) is 10.9. The lowest BCUT2D eigenvalue weighted by Gasteiger charge is -2.21. The fraction of sp³-hybridized carbons (Fsp3) is 0.692. The molecule has 3 unspecified atom stereocenters. The lowest BCUT2D eigenvalue weighted by molar-refractivity contribution is 0.102. The van der Waals surface area contributed by atoms with Gasteiger partial charge in [0.05, 0.1) is 18.2 Å². The molecule has 3 rings (SSSR count). The summed E-state index contributed by atoms with van der Waals surface area (Å²) in [6.07, 6.45) is 4.21. The Bertz CT molecular complexity index is 449. The number of aromatic nitrogens is 2. The summed E-state index contributed by atoms with van der Waals surface area (Å²) in [6, 6.07) is 2.18. The highest BCUT2D eigenvalue weighted by atomic mass is 16.5. The number of nitrogens with zero attached hydrogens (tertiary/aromatic N) is 2. The number of nitrogens with one attached hydrogen (secondary N) is 1. The van der Waals surface area contributed by atoms with Gasteiger partial charge in [-0.2, -0.15) is 0 Å². The van der Waals surface area contributed by atoms with E-state index in [-0.39, 0.29) is 5.92 Å². The summed E-state index contributed by atoms with van der Waals surface area (Å²) in [4.78, 5) is 8.77. The molecule has 0 aliphatic carbocycles. The highest BCUT2D eigenvalue weighted by molar-refractivity contribution is 5.46. The Kier molecular flexibility index (Phi) is 2.86. The molecule has 0 spiro atoms. The van der Waals surface area contributed by atoms with Gasteiger partial charge in [0.25, 0.3) is 0 Å². The van der Waals surface area contributed by atoms with Crippen LogP contribution in [0.4, 0.5) is 11.6 Å². The van der Waals surface area contributed by atoms with Crippen LogP contribution in [-0.4, -0.2) is 28.2 Å². The third-order valence-electron chi connectivity index (χ3n) is 3.72. The molecule has 18 heavy (non-hydrogen) atoms. The van der Waals surface area contributed by atoms with Gasteiger partial charge in [-0.15, -0.1) is 0 Å². The van der Waals surface area contributed by atoms with Gasteiger partial charge in [0.15, 0.2) is 0 Å². The van der Waals surface area contributed by atoms with E-state index in [1.165, 1.54) is 6.42 Å². The maximum atomic E-state index is 5.83. The Balaban J connectivity index is 1.76. The second kappa shape index (κ2) is 4.39. The molecule has 98 valence electrons. The Labute approximate surface area is 107 Å². The fourth-order valence-electron chi connectivity index (χ4n) is 2.80. The molecule has 0 amide bonds. The topological polar surface area (TPSA) is 73.1 Å². The molecule has 1 aromatic rings. The maximum Gasteiger partial charge on any atom is 0.135 e. The standard InChI is InChI=1S/C13H20N4O/c1-7(2)13-16-11(14)6-12(17-13)15-9-5-8-3-4-10(9)18-8/h6-10H,3-5H2,1-2H3,(H3,14,15,16,17). The monoisotopic (exact) mass is 248 g/mol. The largest absolute Gasteiger partial charge is 0.384 e. The van der Waals surface area contributed by atoms with Crippen molar-refractivity contribution >= 4 is 11.6 Å². The van der Waals surface area contributed by atoms with Gasteiger partial charge in [-0.25, -0.2) is 9.97 Å². The summed E-state index contributed by atoms with van der Waals surface area (Å²) in [5.41, 5.74) is 5.83. The molecule has 0 aromatic carbocycles. The van der Waals surface area contributed by atoms with Crippen molar-refractivity contribution < 1.29 is 4.74 Å². The summed E-state index contributed by atoms with van der Waals surface area (Å²) >= 11 is 0. The first-order valence-corrected chi connectivity index (χ1v) is 6.68. The zero-order valence-corrected chi connectivity index (χ0v) is 10.9. The van der Waals surface area contributed by atoms with Crippen molar-refractivity contribution in [3.8, 4) is 0 Å². The predicted octanol–water partition coefficient (Wildman–Crippen LogP) is 1.91. The minimum atomic E-state index is 0.283. The van der Waals surface area contributed by atoms with Gasteiger partial charge in [-0.1, -0.05) is 13.8 Å². The second-order valence-corrected chi connectivity index (χ2v) is 5.55. The number of anilines is 2. The van der Waals surface area contributed by atoms with E-state index >= 15 is 0 Å². The van der Waals surface area contributed by atoms with E-state index < -0.39 is 0 Å². The molecule has 5 heteroatoms. The smallest absolute Gasteiger partial charge is 0.135 e. The van der Waals surface area contributed by atoms with E-state index in [1.54, 1.807) is 6.07 Å². The number of hydrogen-bond donors (Lipinski definition) is 2. The number of ether oxygens (including phenoxy) is 1. The van der Waals surface area contributed by atoms with E-state index in [9.17, 15) is 0 Å². The van der Waals surface area contributed by atoms with Crippen molar-refractivity contribution in [3.63, 3.8) is 0 Å². The lowest BCUT2D eigenvalue weighted by atomic mass is 9.95. The van der Waals surface area contributed by atoms with Crippen LogP contribution in [0.25, 0.3) is 0 Å². The first-order valence-electron chi connectivity index (χ1n) is 6.68. The van der Waals surface area contributed by atoms with Gasteiger partial charge in [0.1, 0.15) is 17.5 Å². The summed E-state index contributed by atoms with van der Waals surface area (Å²) in [6.45, 7) is 4.14. The van der Waals surface area contributed by atoms with Gasteiger partial charge in [0, 0.05) is 12.0 Å². The molecule has 3 heterocycles. The molecule has 0 saturated carbocycles. The Morgan fingerprint density at radius 1 is 1.39 bits per heavy atom. The van der Waals surface area contributed by atoms with Crippen LogP contribution in [0.1, 0.15) is 44.9 Å². The molecule has 0 radical (unpaired) electrons.